The molecule has 0 saturated carbocycles. The van der Waals surface area contributed by atoms with Crippen molar-refractivity contribution in [2.24, 2.45) is 0 Å². The zero-order valence-electron chi connectivity index (χ0n) is 19.6. The van der Waals surface area contributed by atoms with Gasteiger partial charge >= 0.3 is 0 Å². The standard InChI is InChI=1S/C24H23Cl2N7O3S/c1-37(35,36)30-8-6-19(24-31-17-5-4-13(25)9-21(17)33-24)32-23-15-10-16(26)14(11-20(15)28-12-29-23)22(34)18-3-2-7-27-18/h2-5,9-12,18-19,27,30H,6-8H2,1H3,(H,31,33)(H,28,29,32)/t18?,19-/m0/s1. The second-order valence-corrected chi connectivity index (χ2v) is 11.4. The summed E-state index contributed by atoms with van der Waals surface area (Å²) in [7, 11) is -3.38. The van der Waals surface area contributed by atoms with Crippen LogP contribution in [0.3, 0.4) is 0 Å². The van der Waals surface area contributed by atoms with Gasteiger partial charge in [-0.05, 0) is 36.8 Å². The van der Waals surface area contributed by atoms with Gasteiger partial charge in [0.05, 0.1) is 39.9 Å². The highest BCUT2D eigenvalue weighted by Crippen LogP contribution is 2.31. The lowest BCUT2D eigenvalue weighted by atomic mass is 10.0. The van der Waals surface area contributed by atoms with Gasteiger partial charge in [0.1, 0.15) is 18.0 Å². The molecule has 2 aromatic carbocycles. The van der Waals surface area contributed by atoms with Crippen molar-refractivity contribution in [1.82, 2.24) is 30.0 Å². The molecule has 13 heteroatoms. The van der Waals surface area contributed by atoms with Crippen LogP contribution in [-0.2, 0) is 10.0 Å². The number of benzene rings is 2. The molecular weight excluding hydrogens is 537 g/mol. The van der Waals surface area contributed by atoms with E-state index in [9.17, 15) is 13.2 Å². The maximum absolute atomic E-state index is 12.9. The molecular formula is C24H23Cl2N7O3S. The molecule has 1 aliphatic rings. The number of carbonyl (C=O) groups excluding carboxylic acids is 1. The molecule has 4 N–H and O–H groups in total. The van der Waals surface area contributed by atoms with E-state index < -0.39 is 22.1 Å². The van der Waals surface area contributed by atoms with E-state index in [1.807, 2.05) is 12.2 Å². The lowest BCUT2D eigenvalue weighted by Crippen LogP contribution is -2.31. The third-order valence-corrected chi connectivity index (χ3v) is 7.23. The van der Waals surface area contributed by atoms with Crippen LogP contribution in [-0.4, -0.2) is 59.5 Å². The normalized spacial score (nSPS) is 16.5. The van der Waals surface area contributed by atoms with Crippen LogP contribution in [0.5, 0.6) is 0 Å². The molecule has 10 nitrogen and oxygen atoms in total. The van der Waals surface area contributed by atoms with Crippen molar-refractivity contribution in [1.29, 1.82) is 0 Å². The van der Waals surface area contributed by atoms with Gasteiger partial charge in [-0.15, -0.1) is 0 Å². The highest BCUT2D eigenvalue weighted by Gasteiger charge is 2.24. The van der Waals surface area contributed by atoms with E-state index in [0.29, 0.717) is 46.1 Å². The van der Waals surface area contributed by atoms with Crippen LogP contribution in [0.4, 0.5) is 5.82 Å². The van der Waals surface area contributed by atoms with Crippen molar-refractivity contribution < 1.29 is 13.2 Å². The van der Waals surface area contributed by atoms with E-state index in [1.54, 1.807) is 30.3 Å². The molecule has 0 radical (unpaired) electrons. The number of nitrogens with one attached hydrogen (secondary N) is 4. The number of hydrogen-bond donors (Lipinski definition) is 4. The van der Waals surface area contributed by atoms with Gasteiger partial charge in [-0.2, -0.15) is 0 Å². The summed E-state index contributed by atoms with van der Waals surface area (Å²) < 4.78 is 25.8. The van der Waals surface area contributed by atoms with E-state index >= 15 is 0 Å². The topological polar surface area (TPSA) is 142 Å². The number of rotatable bonds is 9. The van der Waals surface area contributed by atoms with Crippen LogP contribution in [0.2, 0.25) is 10.0 Å². The molecule has 5 rings (SSSR count). The van der Waals surface area contributed by atoms with Crippen molar-refractivity contribution in [3.8, 4) is 0 Å². The lowest BCUT2D eigenvalue weighted by Gasteiger charge is -2.19. The zero-order valence-corrected chi connectivity index (χ0v) is 22.0. The summed E-state index contributed by atoms with van der Waals surface area (Å²) in [6.45, 7) is 0.792. The van der Waals surface area contributed by atoms with Gasteiger partial charge in [-0.1, -0.05) is 35.4 Å². The fourth-order valence-corrected chi connectivity index (χ4v) is 5.11. The van der Waals surface area contributed by atoms with Crippen molar-refractivity contribution in [2.75, 3.05) is 24.7 Å². The van der Waals surface area contributed by atoms with E-state index in [1.165, 1.54) is 6.33 Å². The molecule has 2 atom stereocenters. The summed E-state index contributed by atoms with van der Waals surface area (Å²) in [6, 6.07) is 7.76. The number of H-pyrrole nitrogens is 1. The zero-order chi connectivity index (χ0) is 26.2. The molecule has 3 heterocycles. The van der Waals surface area contributed by atoms with Crippen molar-refractivity contribution in [3.63, 3.8) is 0 Å². The van der Waals surface area contributed by atoms with Crippen LogP contribution in [0.15, 0.2) is 48.8 Å². The molecule has 0 fully saturated rings. The predicted octanol–water partition coefficient (Wildman–Crippen LogP) is 3.62. The molecule has 0 spiro atoms. The van der Waals surface area contributed by atoms with E-state index in [2.05, 4.69) is 35.3 Å². The number of nitrogens with zero attached hydrogens (tertiary/aromatic N) is 3. The van der Waals surface area contributed by atoms with Gasteiger partial charge in [0.15, 0.2) is 5.78 Å². The van der Waals surface area contributed by atoms with E-state index in [4.69, 9.17) is 23.2 Å². The molecule has 0 bridgehead atoms. The Labute approximate surface area is 222 Å². The molecule has 1 aliphatic heterocycles. The fraction of sp³-hybridized carbons (Fsp3) is 0.250. The monoisotopic (exact) mass is 559 g/mol. The molecule has 0 saturated heterocycles. The molecule has 192 valence electrons. The Hall–Kier alpha value is -3.09. The van der Waals surface area contributed by atoms with Gasteiger partial charge in [0.2, 0.25) is 10.0 Å². The first-order chi connectivity index (χ1) is 17.7. The van der Waals surface area contributed by atoms with Crippen LogP contribution >= 0.6 is 23.2 Å². The summed E-state index contributed by atoms with van der Waals surface area (Å²) in [4.78, 5) is 29.6. The van der Waals surface area contributed by atoms with Gasteiger partial charge in [-0.3, -0.25) is 4.79 Å². The first-order valence-corrected chi connectivity index (χ1v) is 14.1. The third-order valence-electron chi connectivity index (χ3n) is 5.96. The minimum absolute atomic E-state index is 0.139. The maximum atomic E-state index is 12.9. The maximum Gasteiger partial charge on any atom is 0.208 e. The second-order valence-electron chi connectivity index (χ2n) is 8.69. The number of aromatic amines is 1. The summed E-state index contributed by atoms with van der Waals surface area (Å²) >= 11 is 12.7. The Morgan fingerprint density at radius 1 is 1.19 bits per heavy atom. The number of halogens is 2. The smallest absolute Gasteiger partial charge is 0.208 e. The highest BCUT2D eigenvalue weighted by molar-refractivity contribution is 7.88. The molecule has 37 heavy (non-hydrogen) atoms. The minimum atomic E-state index is -3.38. The predicted molar refractivity (Wildman–Crippen MR) is 145 cm³/mol. The van der Waals surface area contributed by atoms with E-state index in [-0.39, 0.29) is 17.4 Å². The SMILES string of the molecule is CS(=O)(=O)NCC[C@H](Nc1ncnc2cc(C(=O)C3C=CCN3)c(Cl)cc12)c1nc2ccc(Cl)cc2[nH]1. The van der Waals surface area contributed by atoms with Crippen LogP contribution in [0.1, 0.15) is 28.6 Å². The first-order valence-electron chi connectivity index (χ1n) is 11.4. The molecule has 0 aliphatic carbocycles. The Bertz CT molecular complexity index is 1640. The number of carbonyl (C=O) groups is 1. The minimum Gasteiger partial charge on any atom is -0.359 e. The Kier molecular flexibility index (Phi) is 7.15. The summed E-state index contributed by atoms with van der Waals surface area (Å²) in [5, 5.41) is 7.91. The summed E-state index contributed by atoms with van der Waals surface area (Å²) in [6.07, 6.45) is 6.56. The van der Waals surface area contributed by atoms with Crippen molar-refractivity contribution in [3.05, 3.63) is 70.2 Å². The largest absolute Gasteiger partial charge is 0.359 e. The average Bonchev–Trinajstić information content (AvgIpc) is 3.52. The number of fused-ring (bicyclic) bond motifs is 2. The number of hydrogen-bond acceptors (Lipinski definition) is 8. The van der Waals surface area contributed by atoms with Gasteiger partial charge < -0.3 is 15.6 Å². The Morgan fingerprint density at radius 2 is 2.03 bits per heavy atom. The first kappa shape index (κ1) is 25.6. The quantitative estimate of drug-likeness (QED) is 0.180. The summed E-state index contributed by atoms with van der Waals surface area (Å²) in [5.41, 5.74) is 2.37. The number of imidazole rings is 1. The molecule has 0 amide bonds. The van der Waals surface area contributed by atoms with Crippen molar-refractivity contribution in [2.45, 2.75) is 18.5 Å². The third kappa shape index (κ3) is 5.76. The number of Topliss-reactive ketones (excluding diaryl/α,β-unsaturated/α-hetero) is 1. The number of aromatic nitrogens is 4. The molecule has 1 unspecified atom stereocenters. The van der Waals surface area contributed by atoms with Crippen LogP contribution in [0.25, 0.3) is 21.9 Å². The van der Waals surface area contributed by atoms with Gasteiger partial charge in [0, 0.05) is 29.1 Å². The number of sulfonamides is 1. The van der Waals surface area contributed by atoms with E-state index in [0.717, 1.165) is 17.3 Å². The average molecular weight is 560 g/mol. The van der Waals surface area contributed by atoms with Crippen LogP contribution < -0.4 is 15.4 Å². The van der Waals surface area contributed by atoms with Crippen LogP contribution in [0, 0.1) is 0 Å². The highest BCUT2D eigenvalue weighted by atomic mass is 35.5. The summed E-state index contributed by atoms with van der Waals surface area (Å²) in [5.74, 6) is 0.906. The second kappa shape index (κ2) is 10.3. The van der Waals surface area contributed by atoms with Gasteiger partial charge in [0.25, 0.3) is 0 Å². The Balaban J connectivity index is 1.49. The number of anilines is 1. The fourth-order valence-electron chi connectivity index (χ4n) is 4.19. The molecule has 2 aromatic heterocycles. The van der Waals surface area contributed by atoms with Crippen molar-refractivity contribution >= 4 is 66.8 Å². The molecule has 4 aromatic rings. The lowest BCUT2D eigenvalue weighted by molar-refractivity contribution is 0.0968. The van der Waals surface area contributed by atoms with Gasteiger partial charge in [-0.25, -0.2) is 28.1 Å². The Morgan fingerprint density at radius 3 is 2.78 bits per heavy atom. The number of ketones is 1.